The molecule has 0 aliphatic carbocycles. The highest BCUT2D eigenvalue weighted by Gasteiger charge is 2.27. The predicted molar refractivity (Wildman–Crippen MR) is 60.1 cm³/mol. The topological polar surface area (TPSA) is 73.2 Å². The highest BCUT2D eigenvalue weighted by molar-refractivity contribution is 6.32. The van der Waals surface area contributed by atoms with Gasteiger partial charge in [0.2, 0.25) is 0 Å². The Hall–Kier alpha value is -1.77. The number of aromatic nitrogens is 2. The molecule has 1 aromatic rings. The highest BCUT2D eigenvalue weighted by atomic mass is 35.5. The summed E-state index contributed by atoms with van der Waals surface area (Å²) in [6, 6.07) is 0. The van der Waals surface area contributed by atoms with E-state index in [9.17, 15) is 22.8 Å². The molecular weight excluding hydrogens is 291 g/mol. The maximum Gasteiger partial charge on any atom is 0.405 e. The maximum atomic E-state index is 12.0. The molecule has 0 atom stereocenters. The van der Waals surface area contributed by atoms with Crippen LogP contribution in [0.25, 0.3) is 0 Å². The van der Waals surface area contributed by atoms with E-state index in [0.29, 0.717) is 4.68 Å². The molecule has 106 valence electrons. The first-order valence-corrected chi connectivity index (χ1v) is 5.25. The number of nitrogens with one attached hydrogen (secondary N) is 1. The van der Waals surface area contributed by atoms with Crippen LogP contribution in [-0.2, 0) is 16.1 Å². The van der Waals surface area contributed by atoms with E-state index in [1.165, 1.54) is 0 Å². The Kier molecular flexibility index (Phi) is 4.76. The highest BCUT2D eigenvalue weighted by Crippen LogP contribution is 2.19. The summed E-state index contributed by atoms with van der Waals surface area (Å²) >= 11 is 5.60. The molecule has 1 N–H and O–H groups in total. The van der Waals surface area contributed by atoms with Crippen molar-refractivity contribution in [3.05, 3.63) is 21.6 Å². The van der Waals surface area contributed by atoms with Crippen LogP contribution in [0.4, 0.5) is 18.9 Å². The molecule has 0 saturated carbocycles. The summed E-state index contributed by atoms with van der Waals surface area (Å²) in [7, 11) is 1.12. The molecule has 6 nitrogen and oxygen atoms in total. The maximum absolute atomic E-state index is 12.0. The Balaban J connectivity index is 2.92. The van der Waals surface area contributed by atoms with Crippen LogP contribution in [0.3, 0.4) is 0 Å². The number of hydrogen-bond donors (Lipinski definition) is 1. The SMILES string of the molecule is COC(=O)Cn1ncc(NCC(F)(F)F)c(Cl)c1=O. The lowest BCUT2D eigenvalue weighted by Crippen LogP contribution is -2.29. The molecule has 1 heterocycles. The average Bonchev–Trinajstić information content (AvgIpc) is 2.32. The lowest BCUT2D eigenvalue weighted by Gasteiger charge is -2.11. The number of halogens is 4. The Bertz CT molecular complexity index is 530. The molecular formula is C9H9ClF3N3O3. The van der Waals surface area contributed by atoms with E-state index in [4.69, 9.17) is 11.6 Å². The molecule has 19 heavy (non-hydrogen) atoms. The van der Waals surface area contributed by atoms with Crippen molar-refractivity contribution in [2.75, 3.05) is 19.0 Å². The summed E-state index contributed by atoms with van der Waals surface area (Å²) in [6.45, 7) is -1.83. The predicted octanol–water partition coefficient (Wildman–Crippen LogP) is 1.04. The lowest BCUT2D eigenvalue weighted by molar-refractivity contribution is -0.141. The van der Waals surface area contributed by atoms with Gasteiger partial charge in [-0.15, -0.1) is 0 Å². The van der Waals surface area contributed by atoms with E-state index in [0.717, 1.165) is 13.3 Å². The number of hydrogen-bond acceptors (Lipinski definition) is 5. The van der Waals surface area contributed by atoms with Crippen molar-refractivity contribution < 1.29 is 22.7 Å². The number of carbonyl (C=O) groups is 1. The van der Waals surface area contributed by atoms with Crippen molar-refractivity contribution in [3.63, 3.8) is 0 Å². The van der Waals surface area contributed by atoms with Gasteiger partial charge < -0.3 is 10.1 Å². The second kappa shape index (κ2) is 5.91. The first kappa shape index (κ1) is 15.3. The van der Waals surface area contributed by atoms with Crippen molar-refractivity contribution in [3.8, 4) is 0 Å². The molecule has 0 aromatic carbocycles. The molecule has 0 fully saturated rings. The Morgan fingerprint density at radius 1 is 1.58 bits per heavy atom. The normalized spacial score (nSPS) is 11.2. The van der Waals surface area contributed by atoms with Gasteiger partial charge in [-0.3, -0.25) is 9.59 Å². The van der Waals surface area contributed by atoms with E-state index < -0.39 is 35.8 Å². The fraction of sp³-hybridized carbons (Fsp3) is 0.444. The number of carbonyl (C=O) groups excluding carboxylic acids is 1. The first-order chi connectivity index (χ1) is 8.74. The van der Waals surface area contributed by atoms with Crippen LogP contribution in [0.1, 0.15) is 0 Å². The minimum atomic E-state index is -4.45. The van der Waals surface area contributed by atoms with Crippen LogP contribution < -0.4 is 10.9 Å². The molecule has 0 aliphatic heterocycles. The smallest absolute Gasteiger partial charge is 0.405 e. The van der Waals surface area contributed by atoms with E-state index in [2.05, 4.69) is 9.84 Å². The fourth-order valence-electron chi connectivity index (χ4n) is 1.08. The minimum Gasteiger partial charge on any atom is -0.468 e. The third kappa shape index (κ3) is 4.43. The molecule has 0 amide bonds. The van der Waals surface area contributed by atoms with Gasteiger partial charge in [-0.05, 0) is 0 Å². The van der Waals surface area contributed by atoms with Gasteiger partial charge in [0.25, 0.3) is 5.56 Å². The van der Waals surface area contributed by atoms with Gasteiger partial charge in [0, 0.05) is 0 Å². The second-order valence-electron chi connectivity index (χ2n) is 3.38. The third-order valence-electron chi connectivity index (χ3n) is 1.97. The van der Waals surface area contributed by atoms with Crippen LogP contribution in [0.5, 0.6) is 0 Å². The van der Waals surface area contributed by atoms with Crippen LogP contribution in [0.15, 0.2) is 11.0 Å². The number of esters is 1. The molecule has 10 heteroatoms. The van der Waals surface area contributed by atoms with E-state index in [1.54, 1.807) is 0 Å². The zero-order valence-electron chi connectivity index (χ0n) is 9.62. The van der Waals surface area contributed by atoms with Crippen molar-refractivity contribution >= 4 is 23.3 Å². The van der Waals surface area contributed by atoms with Gasteiger partial charge in [0.05, 0.1) is 19.0 Å². The number of nitrogens with zero attached hydrogens (tertiary/aromatic N) is 2. The van der Waals surface area contributed by atoms with Crippen LogP contribution >= 0.6 is 11.6 Å². The monoisotopic (exact) mass is 299 g/mol. The van der Waals surface area contributed by atoms with Gasteiger partial charge in [0.1, 0.15) is 18.1 Å². The molecule has 0 unspecified atom stereocenters. The van der Waals surface area contributed by atoms with Gasteiger partial charge >= 0.3 is 12.1 Å². The summed E-state index contributed by atoms with van der Waals surface area (Å²) in [5.74, 6) is -0.735. The summed E-state index contributed by atoms with van der Waals surface area (Å²) in [5.41, 5.74) is -1.15. The summed E-state index contributed by atoms with van der Waals surface area (Å²) in [5, 5.41) is 4.97. The Morgan fingerprint density at radius 3 is 2.74 bits per heavy atom. The number of ether oxygens (including phenoxy) is 1. The van der Waals surface area contributed by atoms with Gasteiger partial charge in [-0.1, -0.05) is 11.6 Å². The van der Waals surface area contributed by atoms with E-state index >= 15 is 0 Å². The van der Waals surface area contributed by atoms with Crippen molar-refractivity contribution in [1.29, 1.82) is 0 Å². The van der Waals surface area contributed by atoms with Crippen molar-refractivity contribution in [1.82, 2.24) is 9.78 Å². The van der Waals surface area contributed by atoms with Gasteiger partial charge in [0.15, 0.2) is 0 Å². The standard InChI is InChI=1S/C9H9ClF3N3O3/c1-19-6(17)3-16-8(18)7(10)5(2-15-16)14-4-9(11,12)13/h2,14H,3-4H2,1H3. The summed E-state index contributed by atoms with van der Waals surface area (Å²) in [4.78, 5) is 22.6. The van der Waals surface area contributed by atoms with Gasteiger partial charge in [-0.2, -0.15) is 18.3 Å². The van der Waals surface area contributed by atoms with Crippen molar-refractivity contribution in [2.45, 2.75) is 12.7 Å². The molecule has 0 spiro atoms. The molecule has 0 saturated heterocycles. The quantitative estimate of drug-likeness (QED) is 0.841. The van der Waals surface area contributed by atoms with Crippen LogP contribution in [0.2, 0.25) is 5.02 Å². The summed E-state index contributed by atoms with van der Waals surface area (Å²) in [6.07, 6.45) is -3.53. The minimum absolute atomic E-state index is 0.259. The molecule has 1 aromatic heterocycles. The number of rotatable bonds is 4. The third-order valence-corrected chi connectivity index (χ3v) is 2.34. The largest absolute Gasteiger partial charge is 0.468 e. The zero-order valence-corrected chi connectivity index (χ0v) is 10.4. The Morgan fingerprint density at radius 2 is 2.21 bits per heavy atom. The zero-order chi connectivity index (χ0) is 14.6. The number of anilines is 1. The molecule has 1 rings (SSSR count). The van der Waals surface area contributed by atoms with Crippen LogP contribution in [-0.4, -0.2) is 35.6 Å². The first-order valence-electron chi connectivity index (χ1n) is 4.87. The fourth-order valence-corrected chi connectivity index (χ4v) is 1.30. The van der Waals surface area contributed by atoms with Crippen LogP contribution in [0, 0.1) is 0 Å². The molecule has 0 radical (unpaired) electrons. The van der Waals surface area contributed by atoms with E-state index in [1.807, 2.05) is 5.32 Å². The second-order valence-corrected chi connectivity index (χ2v) is 3.76. The molecule has 0 bridgehead atoms. The average molecular weight is 300 g/mol. The van der Waals surface area contributed by atoms with Gasteiger partial charge in [-0.25, -0.2) is 4.68 Å². The van der Waals surface area contributed by atoms with Crippen molar-refractivity contribution in [2.24, 2.45) is 0 Å². The molecule has 0 aliphatic rings. The Labute approximate surface area is 110 Å². The summed E-state index contributed by atoms with van der Waals surface area (Å²) < 4.78 is 41.0. The number of methoxy groups -OCH3 is 1. The van der Waals surface area contributed by atoms with E-state index in [-0.39, 0.29) is 5.69 Å². The number of alkyl halides is 3. The lowest BCUT2D eigenvalue weighted by atomic mass is 10.4.